The van der Waals surface area contributed by atoms with E-state index < -0.39 is 5.82 Å². The van der Waals surface area contributed by atoms with Gasteiger partial charge in [0.1, 0.15) is 18.2 Å². The van der Waals surface area contributed by atoms with Crippen LogP contribution in [0.15, 0.2) is 66.7 Å². The lowest BCUT2D eigenvalue weighted by Gasteiger charge is -2.15. The minimum absolute atomic E-state index is 0.0133. The highest BCUT2D eigenvalue weighted by Crippen LogP contribution is 2.27. The van der Waals surface area contributed by atoms with Crippen LogP contribution < -0.4 is 10.2 Å². The summed E-state index contributed by atoms with van der Waals surface area (Å²) in [6.45, 7) is 0.328. The molecule has 1 aromatic heterocycles. The summed E-state index contributed by atoms with van der Waals surface area (Å²) in [4.78, 5) is 0. The van der Waals surface area contributed by atoms with Crippen LogP contribution in [0, 0.1) is 10.6 Å². The summed E-state index contributed by atoms with van der Waals surface area (Å²) in [5.74, 6) is 0.777. The summed E-state index contributed by atoms with van der Waals surface area (Å²) in [5.41, 5.74) is 5.21. The Labute approximate surface area is 193 Å². The molecule has 5 nitrogen and oxygen atoms in total. The second kappa shape index (κ2) is 9.51. The second-order valence-corrected chi connectivity index (χ2v) is 7.86. The first-order valence-corrected chi connectivity index (χ1v) is 10.5. The van der Waals surface area contributed by atoms with Crippen LogP contribution in [0.25, 0.3) is 11.4 Å². The van der Waals surface area contributed by atoms with Gasteiger partial charge in [0.15, 0.2) is 5.82 Å². The molecule has 0 saturated heterocycles. The largest absolute Gasteiger partial charge is 0.488 e. The SMILES string of the molecule is Fc1cccc(Cl)c1COc1ccc(Cl)cc1CNn1c(-c2ccccc2)n[nH]c1=S. The van der Waals surface area contributed by atoms with Crippen LogP contribution >= 0.6 is 35.4 Å². The van der Waals surface area contributed by atoms with Crippen LogP contribution in [0.4, 0.5) is 4.39 Å². The van der Waals surface area contributed by atoms with Crippen molar-refractivity contribution < 1.29 is 9.13 Å². The predicted octanol–water partition coefficient (Wildman–Crippen LogP) is 6.38. The van der Waals surface area contributed by atoms with Crippen LogP contribution in [0.5, 0.6) is 5.75 Å². The predicted molar refractivity (Wildman–Crippen MR) is 123 cm³/mol. The number of nitrogens with one attached hydrogen (secondary N) is 2. The Balaban J connectivity index is 1.56. The van der Waals surface area contributed by atoms with Gasteiger partial charge in [-0.05, 0) is 42.5 Å². The van der Waals surface area contributed by atoms with E-state index in [1.54, 1.807) is 35.0 Å². The van der Waals surface area contributed by atoms with Crippen molar-refractivity contribution in [3.05, 3.63) is 98.5 Å². The second-order valence-electron chi connectivity index (χ2n) is 6.63. The van der Waals surface area contributed by atoms with E-state index in [0.29, 0.717) is 38.5 Å². The molecule has 0 bridgehead atoms. The number of hydrogen-bond donors (Lipinski definition) is 2. The molecule has 0 aliphatic rings. The van der Waals surface area contributed by atoms with Gasteiger partial charge in [-0.3, -0.25) is 0 Å². The van der Waals surface area contributed by atoms with Gasteiger partial charge in [0.2, 0.25) is 4.77 Å². The molecule has 0 aliphatic carbocycles. The van der Waals surface area contributed by atoms with Gasteiger partial charge < -0.3 is 10.2 Å². The molecular weight excluding hydrogens is 458 g/mol. The number of nitrogens with zero attached hydrogens (tertiary/aromatic N) is 2. The highest BCUT2D eigenvalue weighted by Gasteiger charge is 2.12. The van der Waals surface area contributed by atoms with Gasteiger partial charge in [-0.15, -0.1) is 0 Å². The van der Waals surface area contributed by atoms with Crippen molar-refractivity contribution in [2.45, 2.75) is 13.2 Å². The molecule has 0 fully saturated rings. The summed E-state index contributed by atoms with van der Waals surface area (Å²) in [5, 5.41) is 7.96. The number of aromatic nitrogens is 3. The molecule has 0 atom stereocenters. The molecule has 158 valence electrons. The maximum atomic E-state index is 14.1. The first-order chi connectivity index (χ1) is 15.0. The highest BCUT2D eigenvalue weighted by molar-refractivity contribution is 7.71. The first-order valence-electron chi connectivity index (χ1n) is 9.34. The van der Waals surface area contributed by atoms with Gasteiger partial charge in [0, 0.05) is 21.7 Å². The van der Waals surface area contributed by atoms with E-state index in [0.717, 1.165) is 11.1 Å². The Morgan fingerprint density at radius 3 is 2.65 bits per heavy atom. The molecule has 2 N–H and O–H groups in total. The van der Waals surface area contributed by atoms with E-state index in [4.69, 9.17) is 40.2 Å². The fourth-order valence-corrected chi connectivity index (χ4v) is 3.64. The molecule has 3 aromatic carbocycles. The standard InChI is InChI=1S/C22H17Cl2FN4OS/c23-16-9-10-20(30-13-17-18(24)7-4-8-19(17)25)15(11-16)12-26-29-21(27-28-22(29)31)14-5-2-1-3-6-14/h1-11,26H,12-13H2,(H,28,31). The fraction of sp³-hybridized carbons (Fsp3) is 0.0909. The third-order valence-electron chi connectivity index (χ3n) is 4.59. The molecule has 0 radical (unpaired) electrons. The Morgan fingerprint density at radius 2 is 1.87 bits per heavy atom. The molecule has 0 unspecified atom stereocenters. The quantitative estimate of drug-likeness (QED) is 0.305. The Bertz CT molecular complexity index is 1240. The van der Waals surface area contributed by atoms with Crippen molar-refractivity contribution in [2.24, 2.45) is 0 Å². The lowest BCUT2D eigenvalue weighted by Crippen LogP contribution is -2.16. The van der Waals surface area contributed by atoms with E-state index in [-0.39, 0.29) is 6.61 Å². The van der Waals surface area contributed by atoms with Crippen molar-refractivity contribution in [1.29, 1.82) is 0 Å². The zero-order valence-electron chi connectivity index (χ0n) is 16.1. The molecule has 9 heteroatoms. The molecule has 4 aromatic rings. The number of benzene rings is 3. The van der Waals surface area contributed by atoms with Crippen LogP contribution in [0.2, 0.25) is 10.0 Å². The van der Waals surface area contributed by atoms with E-state index in [2.05, 4.69) is 15.6 Å². The zero-order chi connectivity index (χ0) is 21.8. The topological polar surface area (TPSA) is 54.9 Å². The molecular formula is C22H17Cl2FN4OS. The smallest absolute Gasteiger partial charge is 0.214 e. The normalized spacial score (nSPS) is 10.8. The van der Waals surface area contributed by atoms with E-state index >= 15 is 0 Å². The summed E-state index contributed by atoms with van der Waals surface area (Å²) < 4.78 is 22.1. The van der Waals surface area contributed by atoms with Gasteiger partial charge in [-0.2, -0.15) is 5.10 Å². The van der Waals surface area contributed by atoms with Gasteiger partial charge >= 0.3 is 0 Å². The van der Waals surface area contributed by atoms with Crippen molar-refractivity contribution >= 4 is 35.4 Å². The average Bonchev–Trinajstić information content (AvgIpc) is 3.14. The molecule has 0 spiro atoms. The van der Waals surface area contributed by atoms with Crippen LogP contribution in [0.1, 0.15) is 11.1 Å². The van der Waals surface area contributed by atoms with Crippen LogP contribution in [-0.4, -0.2) is 14.9 Å². The lowest BCUT2D eigenvalue weighted by atomic mass is 10.2. The number of ether oxygens (including phenoxy) is 1. The Kier molecular flexibility index (Phi) is 6.56. The van der Waals surface area contributed by atoms with Gasteiger partial charge in [0.05, 0.1) is 11.6 Å². The average molecular weight is 475 g/mol. The lowest BCUT2D eigenvalue weighted by molar-refractivity contribution is 0.297. The van der Waals surface area contributed by atoms with E-state index in [1.807, 2.05) is 30.3 Å². The maximum Gasteiger partial charge on any atom is 0.214 e. The van der Waals surface area contributed by atoms with Crippen LogP contribution in [0.3, 0.4) is 0 Å². The molecule has 31 heavy (non-hydrogen) atoms. The van der Waals surface area contributed by atoms with Gasteiger partial charge in [-0.25, -0.2) is 14.2 Å². The van der Waals surface area contributed by atoms with Crippen molar-refractivity contribution in [2.75, 3.05) is 5.43 Å². The number of aromatic amines is 1. The van der Waals surface area contributed by atoms with Gasteiger partial charge in [-0.1, -0.05) is 59.6 Å². The Hall–Kier alpha value is -2.87. The van der Waals surface area contributed by atoms with Gasteiger partial charge in [0.25, 0.3) is 0 Å². The van der Waals surface area contributed by atoms with Crippen molar-refractivity contribution in [3.8, 4) is 17.1 Å². The number of halogens is 3. The monoisotopic (exact) mass is 474 g/mol. The third-order valence-corrected chi connectivity index (χ3v) is 5.45. The molecule has 0 aliphatic heterocycles. The summed E-state index contributed by atoms with van der Waals surface area (Å²) in [6, 6.07) is 19.4. The number of rotatable bonds is 7. The Morgan fingerprint density at radius 1 is 1.06 bits per heavy atom. The third kappa shape index (κ3) is 4.90. The zero-order valence-corrected chi connectivity index (χ0v) is 18.4. The van der Waals surface area contributed by atoms with Crippen molar-refractivity contribution in [1.82, 2.24) is 14.9 Å². The molecule has 4 rings (SSSR count). The summed E-state index contributed by atoms with van der Waals surface area (Å²) in [7, 11) is 0. The molecule has 1 heterocycles. The van der Waals surface area contributed by atoms with Crippen LogP contribution in [-0.2, 0) is 13.2 Å². The number of hydrogen-bond acceptors (Lipinski definition) is 4. The summed E-state index contributed by atoms with van der Waals surface area (Å²) >= 11 is 17.7. The van der Waals surface area contributed by atoms with Crippen molar-refractivity contribution in [3.63, 3.8) is 0 Å². The summed E-state index contributed by atoms with van der Waals surface area (Å²) in [6.07, 6.45) is 0. The highest BCUT2D eigenvalue weighted by atomic mass is 35.5. The molecule has 0 amide bonds. The number of H-pyrrole nitrogens is 1. The van der Waals surface area contributed by atoms with E-state index in [9.17, 15) is 4.39 Å². The maximum absolute atomic E-state index is 14.1. The fourth-order valence-electron chi connectivity index (χ4n) is 3.04. The minimum Gasteiger partial charge on any atom is -0.488 e. The molecule has 0 saturated carbocycles. The van der Waals surface area contributed by atoms with E-state index in [1.165, 1.54) is 6.07 Å². The first kappa shape index (κ1) is 21.4. The minimum atomic E-state index is -0.418.